The quantitative estimate of drug-likeness (QED) is 0.752. The van der Waals surface area contributed by atoms with Gasteiger partial charge in [-0.25, -0.2) is 0 Å². The van der Waals surface area contributed by atoms with Crippen molar-refractivity contribution < 1.29 is 9.53 Å². The Bertz CT molecular complexity index is 684. The highest BCUT2D eigenvalue weighted by Crippen LogP contribution is 2.28. The van der Waals surface area contributed by atoms with Gasteiger partial charge in [-0.2, -0.15) is 0 Å². The molecule has 22 heavy (non-hydrogen) atoms. The lowest BCUT2D eigenvalue weighted by molar-refractivity contribution is -0.0317. The second-order valence-electron chi connectivity index (χ2n) is 5.65. The number of hydrogen-bond acceptors (Lipinski definition) is 5. The van der Waals surface area contributed by atoms with Gasteiger partial charge in [-0.15, -0.1) is 0 Å². The number of carbonyl (C=O) groups excluding carboxylic acids is 1. The second kappa shape index (κ2) is 5.65. The topological polar surface area (TPSA) is 89.3 Å². The van der Waals surface area contributed by atoms with Crippen LogP contribution in [0.15, 0.2) is 42.6 Å². The Labute approximate surface area is 128 Å². The van der Waals surface area contributed by atoms with Gasteiger partial charge in [0.2, 0.25) is 0 Å². The van der Waals surface area contributed by atoms with Crippen LogP contribution >= 0.6 is 0 Å². The summed E-state index contributed by atoms with van der Waals surface area (Å²) in [5, 5.41) is 6.14. The maximum atomic E-state index is 12.0. The van der Waals surface area contributed by atoms with Gasteiger partial charge in [-0.1, -0.05) is 6.07 Å². The number of pyridine rings is 1. The van der Waals surface area contributed by atoms with E-state index < -0.39 is 0 Å². The van der Waals surface area contributed by atoms with Crippen LogP contribution in [0.4, 0.5) is 17.1 Å². The van der Waals surface area contributed by atoms with E-state index >= 15 is 0 Å². The predicted octanol–water partition coefficient (Wildman–Crippen LogP) is 2.12. The predicted molar refractivity (Wildman–Crippen MR) is 85.9 cm³/mol. The lowest BCUT2D eigenvalue weighted by Crippen LogP contribution is -2.53. The number of nitrogens with one attached hydrogen (secondary N) is 2. The third-order valence-corrected chi connectivity index (χ3v) is 3.48. The van der Waals surface area contributed by atoms with Crippen molar-refractivity contribution in [2.45, 2.75) is 12.5 Å². The molecule has 6 nitrogen and oxygen atoms in total. The Morgan fingerprint density at radius 3 is 2.73 bits per heavy atom. The molecule has 1 aromatic heterocycles. The van der Waals surface area contributed by atoms with Gasteiger partial charge in [-0.3, -0.25) is 9.78 Å². The molecule has 1 aromatic carbocycles. The minimum Gasteiger partial charge on any atom is -0.397 e. The van der Waals surface area contributed by atoms with Crippen molar-refractivity contribution in [2.24, 2.45) is 0 Å². The van der Waals surface area contributed by atoms with E-state index in [2.05, 4.69) is 22.5 Å². The van der Waals surface area contributed by atoms with E-state index in [0.29, 0.717) is 30.3 Å². The minimum absolute atomic E-state index is 0.0765. The normalized spacial score (nSPS) is 15.7. The number of anilines is 3. The number of carbonyl (C=O) groups is 1. The molecule has 1 saturated heterocycles. The molecule has 1 aliphatic heterocycles. The molecule has 114 valence electrons. The van der Waals surface area contributed by atoms with Crippen molar-refractivity contribution in [1.29, 1.82) is 0 Å². The van der Waals surface area contributed by atoms with Crippen molar-refractivity contribution in [1.82, 2.24) is 4.98 Å². The lowest BCUT2D eigenvalue weighted by atomic mass is 10.00. The Morgan fingerprint density at radius 2 is 2.14 bits per heavy atom. The zero-order chi connectivity index (χ0) is 15.6. The molecular formula is C16H18N4O2. The van der Waals surface area contributed by atoms with E-state index in [1.54, 1.807) is 30.5 Å². The van der Waals surface area contributed by atoms with Gasteiger partial charge in [0.1, 0.15) is 5.69 Å². The molecule has 0 saturated carbocycles. The molecule has 2 heterocycles. The highest BCUT2D eigenvalue weighted by molar-refractivity contribution is 6.03. The Hall–Kier alpha value is -2.60. The zero-order valence-corrected chi connectivity index (χ0v) is 12.3. The SMILES string of the molecule is CC1(Nc2ccc(NC(=O)c3ccccn3)cc2N)COC1. The molecule has 0 spiro atoms. The maximum Gasteiger partial charge on any atom is 0.274 e. The summed E-state index contributed by atoms with van der Waals surface area (Å²) in [5.41, 5.74) is 8.38. The largest absolute Gasteiger partial charge is 0.397 e. The van der Waals surface area contributed by atoms with Gasteiger partial charge in [0, 0.05) is 11.9 Å². The fourth-order valence-electron chi connectivity index (χ4n) is 2.25. The molecule has 2 aromatic rings. The first-order valence-electron chi connectivity index (χ1n) is 7.04. The van der Waals surface area contributed by atoms with Gasteiger partial charge in [-0.05, 0) is 37.3 Å². The van der Waals surface area contributed by atoms with E-state index in [0.717, 1.165) is 5.69 Å². The van der Waals surface area contributed by atoms with E-state index in [-0.39, 0.29) is 11.4 Å². The number of benzene rings is 1. The van der Waals surface area contributed by atoms with Crippen LogP contribution in [0.25, 0.3) is 0 Å². The van der Waals surface area contributed by atoms with E-state index in [4.69, 9.17) is 10.5 Å². The van der Waals surface area contributed by atoms with Crippen molar-refractivity contribution in [3.8, 4) is 0 Å². The average molecular weight is 298 g/mol. The van der Waals surface area contributed by atoms with Gasteiger partial charge >= 0.3 is 0 Å². The number of hydrogen-bond donors (Lipinski definition) is 3. The fourth-order valence-corrected chi connectivity index (χ4v) is 2.25. The standard InChI is InChI=1S/C16H18N4O2/c1-16(9-22-10-16)20-13-6-5-11(8-12(13)17)19-15(21)14-4-2-3-7-18-14/h2-8,20H,9-10,17H2,1H3,(H,19,21). The van der Waals surface area contributed by atoms with Crippen LogP contribution in [0.5, 0.6) is 0 Å². The molecule has 1 fully saturated rings. The first-order valence-corrected chi connectivity index (χ1v) is 7.04. The highest BCUT2D eigenvalue weighted by Gasteiger charge is 2.33. The van der Waals surface area contributed by atoms with Crippen LogP contribution in [-0.4, -0.2) is 29.6 Å². The molecule has 6 heteroatoms. The van der Waals surface area contributed by atoms with Crippen molar-refractivity contribution in [3.63, 3.8) is 0 Å². The molecule has 1 amide bonds. The van der Waals surface area contributed by atoms with Crippen LogP contribution in [0, 0.1) is 0 Å². The zero-order valence-electron chi connectivity index (χ0n) is 12.3. The van der Waals surface area contributed by atoms with Crippen molar-refractivity contribution in [3.05, 3.63) is 48.3 Å². The summed E-state index contributed by atoms with van der Waals surface area (Å²) in [5.74, 6) is -0.264. The number of rotatable bonds is 4. The van der Waals surface area contributed by atoms with Gasteiger partial charge in [0.25, 0.3) is 5.91 Å². The number of aromatic nitrogens is 1. The summed E-state index contributed by atoms with van der Waals surface area (Å²) in [6.45, 7) is 3.39. The number of ether oxygens (including phenoxy) is 1. The van der Waals surface area contributed by atoms with Crippen LogP contribution in [0.2, 0.25) is 0 Å². The summed E-state index contributed by atoms with van der Waals surface area (Å²) >= 11 is 0. The maximum absolute atomic E-state index is 12.0. The number of nitrogens with zero attached hydrogens (tertiary/aromatic N) is 1. The molecule has 0 aliphatic carbocycles. The number of nitrogen functional groups attached to an aromatic ring is 1. The molecule has 0 bridgehead atoms. The smallest absolute Gasteiger partial charge is 0.274 e. The lowest BCUT2D eigenvalue weighted by Gasteiger charge is -2.39. The third-order valence-electron chi connectivity index (χ3n) is 3.48. The fraction of sp³-hybridized carbons (Fsp3) is 0.250. The first-order chi connectivity index (χ1) is 10.6. The summed E-state index contributed by atoms with van der Waals surface area (Å²) in [7, 11) is 0. The van der Waals surface area contributed by atoms with E-state index in [1.165, 1.54) is 0 Å². The molecule has 4 N–H and O–H groups in total. The van der Waals surface area contributed by atoms with Crippen molar-refractivity contribution >= 4 is 23.0 Å². The van der Waals surface area contributed by atoms with Crippen molar-refractivity contribution in [2.75, 3.05) is 29.6 Å². The Kier molecular flexibility index (Phi) is 3.68. The van der Waals surface area contributed by atoms with E-state index in [1.807, 2.05) is 12.1 Å². The monoisotopic (exact) mass is 298 g/mol. The summed E-state index contributed by atoms with van der Waals surface area (Å²) in [6, 6.07) is 10.6. The van der Waals surface area contributed by atoms with Crippen LogP contribution in [-0.2, 0) is 4.74 Å². The van der Waals surface area contributed by atoms with Crippen LogP contribution in [0.1, 0.15) is 17.4 Å². The summed E-state index contributed by atoms with van der Waals surface area (Å²) < 4.78 is 5.21. The first kappa shape index (κ1) is 14.3. The van der Waals surface area contributed by atoms with Gasteiger partial charge < -0.3 is 21.1 Å². The van der Waals surface area contributed by atoms with Crippen LogP contribution in [0.3, 0.4) is 0 Å². The molecular weight excluding hydrogens is 280 g/mol. The van der Waals surface area contributed by atoms with E-state index in [9.17, 15) is 4.79 Å². The molecule has 3 rings (SSSR count). The average Bonchev–Trinajstić information content (AvgIpc) is 2.49. The van der Waals surface area contributed by atoms with Crippen LogP contribution < -0.4 is 16.4 Å². The van der Waals surface area contributed by atoms with Gasteiger partial charge in [0.15, 0.2) is 0 Å². The molecule has 0 atom stereocenters. The minimum atomic E-state index is -0.264. The summed E-state index contributed by atoms with van der Waals surface area (Å²) in [6.07, 6.45) is 1.58. The molecule has 1 aliphatic rings. The second-order valence-corrected chi connectivity index (χ2v) is 5.65. The Morgan fingerprint density at radius 1 is 1.32 bits per heavy atom. The number of nitrogens with two attached hydrogens (primary N) is 1. The summed E-state index contributed by atoms with van der Waals surface area (Å²) in [4.78, 5) is 16.1. The molecule has 0 unspecified atom stereocenters. The molecule has 0 radical (unpaired) electrons. The highest BCUT2D eigenvalue weighted by atomic mass is 16.5. The third kappa shape index (κ3) is 3.01. The Balaban J connectivity index is 1.70. The van der Waals surface area contributed by atoms with Gasteiger partial charge in [0.05, 0.1) is 30.1 Å². The number of amides is 1.